The van der Waals surface area contributed by atoms with Gasteiger partial charge in [-0.3, -0.25) is 0 Å². The van der Waals surface area contributed by atoms with Crippen LogP contribution in [0.25, 0.3) is 10.4 Å². The molecule has 0 amide bonds. The van der Waals surface area contributed by atoms with Gasteiger partial charge in [0.2, 0.25) is 0 Å². The zero-order chi connectivity index (χ0) is 10.4. The van der Waals surface area contributed by atoms with Gasteiger partial charge in [-0.15, -0.1) is 0 Å². The number of rotatable bonds is 4. The van der Waals surface area contributed by atoms with E-state index in [1.807, 2.05) is 6.92 Å². The van der Waals surface area contributed by atoms with Gasteiger partial charge in [0.05, 0.1) is 6.10 Å². The lowest BCUT2D eigenvalue weighted by atomic mass is 9.93. The highest BCUT2D eigenvalue weighted by molar-refractivity contribution is 4.76. The molecule has 0 aromatic rings. The van der Waals surface area contributed by atoms with Crippen molar-refractivity contribution in [3.05, 3.63) is 10.4 Å². The van der Waals surface area contributed by atoms with E-state index in [0.717, 1.165) is 32.5 Å². The third-order valence-corrected chi connectivity index (χ3v) is 2.80. The van der Waals surface area contributed by atoms with Crippen molar-refractivity contribution in [1.82, 2.24) is 4.90 Å². The minimum Gasteiger partial charge on any atom is -0.393 e. The first-order valence-electron chi connectivity index (χ1n) is 5.15. The quantitative estimate of drug-likeness (QED) is 0.421. The molecule has 0 bridgehead atoms. The number of azide groups is 1. The summed E-state index contributed by atoms with van der Waals surface area (Å²) in [6.07, 6.45) is 2.01. The van der Waals surface area contributed by atoms with Crippen molar-refractivity contribution in [2.24, 2.45) is 11.0 Å². The van der Waals surface area contributed by atoms with Gasteiger partial charge in [-0.25, -0.2) is 0 Å². The predicted molar refractivity (Wildman–Crippen MR) is 54.9 cm³/mol. The van der Waals surface area contributed by atoms with Crippen molar-refractivity contribution in [3.8, 4) is 0 Å². The standard InChI is InChI=1S/C9H18N4O/c1-8(14)9-3-2-5-13(7-9)6-4-11-12-10/h8-9,14H,2-7H2,1H3/t8-,9+/m0/s1. The highest BCUT2D eigenvalue weighted by Crippen LogP contribution is 2.19. The molecular formula is C9H18N4O. The van der Waals surface area contributed by atoms with Gasteiger partial charge in [-0.05, 0) is 37.8 Å². The number of aliphatic hydroxyl groups excluding tert-OH is 1. The van der Waals surface area contributed by atoms with E-state index in [4.69, 9.17) is 5.53 Å². The molecule has 0 spiro atoms. The van der Waals surface area contributed by atoms with Crippen molar-refractivity contribution < 1.29 is 5.11 Å². The topological polar surface area (TPSA) is 72.2 Å². The van der Waals surface area contributed by atoms with Crippen LogP contribution in [0.5, 0.6) is 0 Å². The van der Waals surface area contributed by atoms with E-state index in [2.05, 4.69) is 14.9 Å². The Morgan fingerprint density at radius 2 is 2.50 bits per heavy atom. The van der Waals surface area contributed by atoms with Crippen LogP contribution in [0.1, 0.15) is 19.8 Å². The fourth-order valence-corrected chi connectivity index (χ4v) is 1.92. The molecule has 1 N–H and O–H groups in total. The molecule has 0 unspecified atom stereocenters. The molecule has 0 radical (unpaired) electrons. The smallest absolute Gasteiger partial charge is 0.0552 e. The summed E-state index contributed by atoms with van der Waals surface area (Å²) in [5, 5.41) is 13.0. The average molecular weight is 198 g/mol. The summed E-state index contributed by atoms with van der Waals surface area (Å²) >= 11 is 0. The normalized spacial score (nSPS) is 25.4. The Kier molecular flexibility index (Phi) is 4.73. The van der Waals surface area contributed by atoms with Gasteiger partial charge in [-0.2, -0.15) is 0 Å². The van der Waals surface area contributed by atoms with Crippen LogP contribution in [0, 0.1) is 5.92 Å². The van der Waals surface area contributed by atoms with E-state index in [1.165, 1.54) is 0 Å². The van der Waals surface area contributed by atoms with Gasteiger partial charge in [0.15, 0.2) is 0 Å². The van der Waals surface area contributed by atoms with Gasteiger partial charge in [0.25, 0.3) is 0 Å². The van der Waals surface area contributed by atoms with Gasteiger partial charge >= 0.3 is 0 Å². The monoisotopic (exact) mass is 198 g/mol. The van der Waals surface area contributed by atoms with Crippen LogP contribution in [-0.2, 0) is 0 Å². The summed E-state index contributed by atoms with van der Waals surface area (Å²) < 4.78 is 0. The van der Waals surface area contributed by atoms with E-state index < -0.39 is 0 Å². The Bertz CT molecular complexity index is 213. The van der Waals surface area contributed by atoms with Crippen LogP contribution in [-0.4, -0.2) is 42.3 Å². The summed E-state index contributed by atoms with van der Waals surface area (Å²) in [4.78, 5) is 4.98. The molecule has 0 aromatic carbocycles. The number of nitrogens with zero attached hydrogens (tertiary/aromatic N) is 4. The maximum absolute atomic E-state index is 9.46. The van der Waals surface area contributed by atoms with Crippen LogP contribution < -0.4 is 0 Å². The lowest BCUT2D eigenvalue weighted by Gasteiger charge is -2.33. The van der Waals surface area contributed by atoms with Gasteiger partial charge in [0.1, 0.15) is 0 Å². The van der Waals surface area contributed by atoms with E-state index in [1.54, 1.807) is 0 Å². The molecule has 0 saturated carbocycles. The van der Waals surface area contributed by atoms with E-state index in [0.29, 0.717) is 12.5 Å². The Balaban J connectivity index is 2.28. The largest absolute Gasteiger partial charge is 0.393 e. The Hall–Kier alpha value is -0.770. The molecule has 0 aromatic heterocycles. The Labute approximate surface area is 84.3 Å². The van der Waals surface area contributed by atoms with Gasteiger partial charge in [-0.1, -0.05) is 5.11 Å². The highest BCUT2D eigenvalue weighted by Gasteiger charge is 2.22. The first-order valence-corrected chi connectivity index (χ1v) is 5.15. The Morgan fingerprint density at radius 3 is 3.14 bits per heavy atom. The summed E-state index contributed by atoms with van der Waals surface area (Å²) in [5.74, 6) is 0.384. The van der Waals surface area contributed by atoms with Crippen LogP contribution >= 0.6 is 0 Å². The minimum absolute atomic E-state index is 0.225. The number of aliphatic hydroxyl groups is 1. The molecule has 1 rings (SSSR count). The van der Waals surface area contributed by atoms with Crippen molar-refractivity contribution in [2.45, 2.75) is 25.9 Å². The summed E-state index contributed by atoms with van der Waals surface area (Å²) in [6, 6.07) is 0. The molecule has 14 heavy (non-hydrogen) atoms. The molecule has 1 fully saturated rings. The fraction of sp³-hybridized carbons (Fsp3) is 1.00. The zero-order valence-electron chi connectivity index (χ0n) is 8.63. The minimum atomic E-state index is -0.225. The number of likely N-dealkylation sites (tertiary alicyclic amines) is 1. The maximum Gasteiger partial charge on any atom is 0.0552 e. The molecule has 1 aliphatic heterocycles. The molecule has 5 nitrogen and oxygen atoms in total. The predicted octanol–water partition coefficient (Wildman–Crippen LogP) is 1.39. The van der Waals surface area contributed by atoms with E-state index in [9.17, 15) is 5.11 Å². The maximum atomic E-state index is 9.46. The average Bonchev–Trinajstić information content (AvgIpc) is 2.19. The fourth-order valence-electron chi connectivity index (χ4n) is 1.92. The van der Waals surface area contributed by atoms with Crippen LogP contribution in [0.4, 0.5) is 0 Å². The van der Waals surface area contributed by atoms with Crippen LogP contribution in [0.15, 0.2) is 5.11 Å². The van der Waals surface area contributed by atoms with E-state index in [-0.39, 0.29) is 6.10 Å². The third-order valence-electron chi connectivity index (χ3n) is 2.80. The van der Waals surface area contributed by atoms with Gasteiger partial charge < -0.3 is 10.0 Å². The third kappa shape index (κ3) is 3.54. The molecule has 1 heterocycles. The molecule has 80 valence electrons. The first-order chi connectivity index (χ1) is 6.74. The highest BCUT2D eigenvalue weighted by atomic mass is 16.3. The summed E-state index contributed by atoms with van der Waals surface area (Å²) in [5.41, 5.74) is 8.14. The zero-order valence-corrected chi connectivity index (χ0v) is 8.63. The molecule has 1 saturated heterocycles. The first kappa shape index (κ1) is 11.3. The van der Waals surface area contributed by atoms with Crippen molar-refractivity contribution in [2.75, 3.05) is 26.2 Å². The molecule has 2 atom stereocenters. The lowest BCUT2D eigenvalue weighted by molar-refractivity contribution is 0.0642. The number of hydrogen-bond acceptors (Lipinski definition) is 3. The number of hydrogen-bond donors (Lipinski definition) is 1. The molecule has 0 aliphatic carbocycles. The van der Waals surface area contributed by atoms with Crippen molar-refractivity contribution in [1.29, 1.82) is 0 Å². The Morgan fingerprint density at radius 1 is 1.71 bits per heavy atom. The SMILES string of the molecule is C[C@H](O)[C@@H]1CCCN(CCN=[N+]=[N-])C1. The van der Waals surface area contributed by atoms with E-state index >= 15 is 0 Å². The van der Waals surface area contributed by atoms with Crippen LogP contribution in [0.3, 0.4) is 0 Å². The molecule has 1 aliphatic rings. The van der Waals surface area contributed by atoms with Gasteiger partial charge in [0, 0.05) is 24.5 Å². The second kappa shape index (κ2) is 5.86. The number of piperidine rings is 1. The second-order valence-corrected chi connectivity index (χ2v) is 3.90. The molecule has 5 heteroatoms. The summed E-state index contributed by atoms with van der Waals surface area (Å²) in [7, 11) is 0. The van der Waals surface area contributed by atoms with Crippen LogP contribution in [0.2, 0.25) is 0 Å². The van der Waals surface area contributed by atoms with Crippen molar-refractivity contribution in [3.63, 3.8) is 0 Å². The summed E-state index contributed by atoms with van der Waals surface area (Å²) in [6.45, 7) is 5.18. The van der Waals surface area contributed by atoms with Crippen molar-refractivity contribution >= 4 is 0 Å². The molecular weight excluding hydrogens is 180 g/mol. The second-order valence-electron chi connectivity index (χ2n) is 3.90. The lowest BCUT2D eigenvalue weighted by Crippen LogP contribution is -2.40.